The molecule has 0 heterocycles. The number of carbonyl (C=O) groups excluding carboxylic acids is 1. The van der Waals surface area contributed by atoms with Crippen molar-refractivity contribution in [3.8, 4) is 5.75 Å². The largest absolute Gasteiger partial charge is 0.491 e. The Morgan fingerprint density at radius 3 is 2.41 bits per heavy atom. The molecule has 22 heavy (non-hydrogen) atoms. The van der Waals surface area contributed by atoms with Crippen molar-refractivity contribution >= 4 is 11.6 Å². The van der Waals surface area contributed by atoms with Crippen LogP contribution < -0.4 is 10.1 Å². The number of hydrogen-bond acceptors (Lipinski definition) is 3. The minimum atomic E-state index is -0.790. The zero-order chi connectivity index (χ0) is 16.6. The van der Waals surface area contributed by atoms with Crippen LogP contribution in [0.5, 0.6) is 5.75 Å². The van der Waals surface area contributed by atoms with Crippen molar-refractivity contribution in [2.24, 2.45) is 0 Å². The Labute approximate surface area is 134 Å². The summed E-state index contributed by atoms with van der Waals surface area (Å²) in [6.45, 7) is 8.05. The first-order valence-electron chi connectivity index (χ1n) is 8.08. The lowest BCUT2D eigenvalue weighted by Gasteiger charge is -2.26. The van der Waals surface area contributed by atoms with Gasteiger partial charge < -0.3 is 14.8 Å². The second kappa shape index (κ2) is 8.79. The predicted octanol–water partition coefficient (Wildman–Crippen LogP) is 4.40. The van der Waals surface area contributed by atoms with Crippen LogP contribution in [0.25, 0.3) is 0 Å². The van der Waals surface area contributed by atoms with Crippen LogP contribution in [0.15, 0.2) is 24.3 Å². The van der Waals surface area contributed by atoms with Gasteiger partial charge in [0, 0.05) is 12.8 Å². The third-order valence-electron chi connectivity index (χ3n) is 3.96. The second-order valence-corrected chi connectivity index (χ2v) is 5.85. The predicted molar refractivity (Wildman–Crippen MR) is 90.4 cm³/mol. The highest BCUT2D eigenvalue weighted by Crippen LogP contribution is 2.22. The number of anilines is 1. The van der Waals surface area contributed by atoms with E-state index in [9.17, 15) is 4.79 Å². The number of hydrogen-bond donors (Lipinski definition) is 1. The van der Waals surface area contributed by atoms with E-state index in [4.69, 9.17) is 9.47 Å². The summed E-state index contributed by atoms with van der Waals surface area (Å²) < 4.78 is 11.2. The van der Waals surface area contributed by atoms with E-state index >= 15 is 0 Å². The van der Waals surface area contributed by atoms with Crippen LogP contribution in [-0.4, -0.2) is 24.7 Å². The number of carbonyl (C=O) groups is 1. The molecule has 0 saturated carbocycles. The summed E-state index contributed by atoms with van der Waals surface area (Å²) in [5, 5.41) is 2.92. The van der Waals surface area contributed by atoms with Crippen LogP contribution in [0.4, 0.5) is 5.69 Å². The van der Waals surface area contributed by atoms with Gasteiger partial charge in [-0.3, -0.25) is 4.79 Å². The van der Waals surface area contributed by atoms with Crippen molar-refractivity contribution in [3.63, 3.8) is 0 Å². The van der Waals surface area contributed by atoms with E-state index in [1.165, 1.54) is 0 Å². The third kappa shape index (κ3) is 5.34. The summed E-state index contributed by atoms with van der Waals surface area (Å²) in [6, 6.07) is 7.45. The standard InChI is InChI=1S/C18H29NO3/c1-6-8-13-18(4,21-5)17(20)19-15-9-11-16(12-10-15)22-14(3)7-2/h9-12,14H,6-8,13H2,1-5H3,(H,19,20)/t14-,18+/m1/s1. The molecule has 0 unspecified atom stereocenters. The maximum atomic E-state index is 12.4. The van der Waals surface area contributed by atoms with Crippen LogP contribution >= 0.6 is 0 Å². The number of ether oxygens (including phenoxy) is 2. The first-order chi connectivity index (χ1) is 10.4. The Morgan fingerprint density at radius 2 is 1.91 bits per heavy atom. The molecule has 1 rings (SSSR count). The van der Waals surface area contributed by atoms with E-state index in [1.54, 1.807) is 7.11 Å². The summed E-state index contributed by atoms with van der Waals surface area (Å²) >= 11 is 0. The van der Waals surface area contributed by atoms with Gasteiger partial charge in [-0.2, -0.15) is 0 Å². The van der Waals surface area contributed by atoms with Crippen LogP contribution in [0.3, 0.4) is 0 Å². The molecule has 1 aromatic carbocycles. The monoisotopic (exact) mass is 307 g/mol. The number of nitrogens with one attached hydrogen (secondary N) is 1. The van der Waals surface area contributed by atoms with Crippen molar-refractivity contribution in [3.05, 3.63) is 24.3 Å². The van der Waals surface area contributed by atoms with E-state index in [2.05, 4.69) is 19.2 Å². The highest BCUT2D eigenvalue weighted by molar-refractivity contribution is 5.97. The molecule has 4 nitrogen and oxygen atoms in total. The highest BCUT2D eigenvalue weighted by Gasteiger charge is 2.32. The fourth-order valence-electron chi connectivity index (χ4n) is 2.02. The fourth-order valence-corrected chi connectivity index (χ4v) is 2.02. The summed E-state index contributed by atoms with van der Waals surface area (Å²) in [7, 11) is 1.58. The number of unbranched alkanes of at least 4 members (excludes halogenated alkanes) is 1. The molecule has 0 aliphatic rings. The Kier molecular flexibility index (Phi) is 7.39. The van der Waals surface area contributed by atoms with Crippen molar-refractivity contribution in [2.75, 3.05) is 12.4 Å². The lowest BCUT2D eigenvalue weighted by molar-refractivity contribution is -0.136. The van der Waals surface area contributed by atoms with E-state index in [0.29, 0.717) is 6.42 Å². The van der Waals surface area contributed by atoms with Gasteiger partial charge in [0.05, 0.1) is 6.10 Å². The number of methoxy groups -OCH3 is 1. The SMILES string of the molecule is CCCC[C@](C)(OC)C(=O)Nc1ccc(O[C@H](C)CC)cc1. The maximum Gasteiger partial charge on any atom is 0.256 e. The van der Waals surface area contributed by atoms with E-state index < -0.39 is 5.60 Å². The van der Waals surface area contributed by atoms with Gasteiger partial charge in [0.1, 0.15) is 11.4 Å². The van der Waals surface area contributed by atoms with Gasteiger partial charge in [-0.05, 0) is 51.0 Å². The first-order valence-corrected chi connectivity index (χ1v) is 8.08. The van der Waals surface area contributed by atoms with Gasteiger partial charge in [-0.1, -0.05) is 26.7 Å². The Bertz CT molecular complexity index is 458. The van der Waals surface area contributed by atoms with Crippen molar-refractivity contribution in [1.29, 1.82) is 0 Å². The fraction of sp³-hybridized carbons (Fsp3) is 0.611. The lowest BCUT2D eigenvalue weighted by atomic mass is 9.97. The van der Waals surface area contributed by atoms with Crippen molar-refractivity contribution in [1.82, 2.24) is 0 Å². The van der Waals surface area contributed by atoms with Crippen molar-refractivity contribution in [2.45, 2.75) is 65.1 Å². The number of amides is 1. The Hall–Kier alpha value is -1.55. The molecule has 2 atom stereocenters. The van der Waals surface area contributed by atoms with E-state index in [0.717, 1.165) is 30.7 Å². The van der Waals surface area contributed by atoms with E-state index in [1.807, 2.05) is 38.1 Å². The van der Waals surface area contributed by atoms with Gasteiger partial charge in [0.15, 0.2) is 0 Å². The van der Waals surface area contributed by atoms with Crippen LogP contribution in [0, 0.1) is 0 Å². The van der Waals surface area contributed by atoms with Gasteiger partial charge in [-0.25, -0.2) is 0 Å². The Balaban J connectivity index is 2.67. The van der Waals surface area contributed by atoms with Crippen LogP contribution in [0.1, 0.15) is 53.4 Å². The zero-order valence-electron chi connectivity index (χ0n) is 14.4. The average Bonchev–Trinajstić information content (AvgIpc) is 2.54. The summed E-state index contributed by atoms with van der Waals surface area (Å²) in [4.78, 5) is 12.4. The van der Waals surface area contributed by atoms with Gasteiger partial charge >= 0.3 is 0 Å². The molecule has 124 valence electrons. The second-order valence-electron chi connectivity index (χ2n) is 5.85. The summed E-state index contributed by atoms with van der Waals surface area (Å²) in [6.07, 6.45) is 3.85. The molecule has 1 aromatic rings. The minimum absolute atomic E-state index is 0.112. The molecule has 0 bridgehead atoms. The summed E-state index contributed by atoms with van der Waals surface area (Å²) in [5.74, 6) is 0.701. The van der Waals surface area contributed by atoms with Crippen LogP contribution in [-0.2, 0) is 9.53 Å². The topological polar surface area (TPSA) is 47.6 Å². The van der Waals surface area contributed by atoms with E-state index in [-0.39, 0.29) is 12.0 Å². The molecule has 0 radical (unpaired) electrons. The Morgan fingerprint density at radius 1 is 1.27 bits per heavy atom. The third-order valence-corrected chi connectivity index (χ3v) is 3.96. The van der Waals surface area contributed by atoms with Crippen molar-refractivity contribution < 1.29 is 14.3 Å². The molecule has 0 aromatic heterocycles. The molecule has 1 amide bonds. The molecule has 0 aliphatic heterocycles. The molecule has 0 spiro atoms. The molecule has 0 aliphatic carbocycles. The summed E-state index contributed by atoms with van der Waals surface area (Å²) in [5.41, 5.74) is -0.0386. The average molecular weight is 307 g/mol. The highest BCUT2D eigenvalue weighted by atomic mass is 16.5. The van der Waals surface area contributed by atoms with Gasteiger partial charge in [0.2, 0.25) is 0 Å². The normalized spacial score (nSPS) is 15.0. The van der Waals surface area contributed by atoms with Crippen LogP contribution in [0.2, 0.25) is 0 Å². The quantitative estimate of drug-likeness (QED) is 0.735. The maximum absolute atomic E-state index is 12.4. The molecule has 0 fully saturated rings. The molecule has 4 heteroatoms. The molecular weight excluding hydrogens is 278 g/mol. The first kappa shape index (κ1) is 18.5. The molecule has 0 saturated heterocycles. The molecule has 1 N–H and O–H groups in total. The smallest absolute Gasteiger partial charge is 0.256 e. The zero-order valence-corrected chi connectivity index (χ0v) is 14.4. The minimum Gasteiger partial charge on any atom is -0.491 e. The molecular formula is C18H29NO3. The van der Waals surface area contributed by atoms with Gasteiger partial charge in [0.25, 0.3) is 5.91 Å². The van der Waals surface area contributed by atoms with Gasteiger partial charge in [-0.15, -0.1) is 0 Å². The lowest BCUT2D eigenvalue weighted by Crippen LogP contribution is -2.41. The number of benzene rings is 1. The number of rotatable bonds is 9.